The molecule has 0 fully saturated rings. The standard InChI is InChI=1S/C25H21ClN2O4/c1-30-21-10-8-18(9-11-21)19(15-27)12-17-13-22(26)25(23(14-17)31-2)32-16-24(29)28-20-6-4-3-5-7-20/h3-14H,16H2,1-2H3,(H,28,29)/b19-12+. The lowest BCUT2D eigenvalue weighted by molar-refractivity contribution is -0.118. The van der Waals surface area contributed by atoms with Crippen molar-refractivity contribution in [3.63, 3.8) is 0 Å². The summed E-state index contributed by atoms with van der Waals surface area (Å²) in [7, 11) is 3.06. The minimum atomic E-state index is -0.329. The molecule has 0 aromatic heterocycles. The molecule has 0 aliphatic carbocycles. The first-order valence-corrected chi connectivity index (χ1v) is 10.0. The van der Waals surface area contributed by atoms with E-state index in [1.54, 1.807) is 61.7 Å². The lowest BCUT2D eigenvalue weighted by Crippen LogP contribution is -2.20. The van der Waals surface area contributed by atoms with E-state index in [2.05, 4.69) is 11.4 Å². The number of halogens is 1. The Hall–Kier alpha value is -3.95. The molecule has 0 heterocycles. The van der Waals surface area contributed by atoms with Crippen molar-refractivity contribution < 1.29 is 19.0 Å². The summed E-state index contributed by atoms with van der Waals surface area (Å²) in [4.78, 5) is 12.2. The van der Waals surface area contributed by atoms with Crippen LogP contribution in [0.3, 0.4) is 0 Å². The van der Waals surface area contributed by atoms with Crippen LogP contribution in [0.15, 0.2) is 66.7 Å². The van der Waals surface area contributed by atoms with Crippen molar-refractivity contribution >= 4 is 34.8 Å². The number of carbonyl (C=O) groups is 1. The van der Waals surface area contributed by atoms with E-state index in [-0.39, 0.29) is 23.3 Å². The van der Waals surface area contributed by atoms with E-state index in [9.17, 15) is 10.1 Å². The predicted molar refractivity (Wildman–Crippen MR) is 125 cm³/mol. The molecule has 7 heteroatoms. The number of allylic oxidation sites excluding steroid dienone is 1. The molecule has 1 amide bonds. The van der Waals surface area contributed by atoms with Crippen LogP contribution in [0.1, 0.15) is 11.1 Å². The lowest BCUT2D eigenvalue weighted by Gasteiger charge is -2.13. The Kier molecular flexibility index (Phi) is 7.74. The Bertz CT molecular complexity index is 1150. The molecule has 1 N–H and O–H groups in total. The lowest BCUT2D eigenvalue weighted by atomic mass is 10.0. The molecule has 0 atom stereocenters. The zero-order chi connectivity index (χ0) is 22.9. The SMILES string of the molecule is COc1ccc(/C(C#N)=C/c2cc(Cl)c(OCC(=O)Nc3ccccc3)c(OC)c2)cc1. The maximum absolute atomic E-state index is 12.2. The van der Waals surface area contributed by atoms with Gasteiger partial charge in [-0.2, -0.15) is 5.26 Å². The first-order valence-electron chi connectivity index (χ1n) is 9.65. The number of nitrogens with zero attached hydrogens (tertiary/aromatic N) is 1. The molecule has 3 aromatic rings. The molecule has 3 aromatic carbocycles. The average molecular weight is 449 g/mol. The van der Waals surface area contributed by atoms with Crippen LogP contribution in [-0.2, 0) is 4.79 Å². The average Bonchev–Trinajstić information content (AvgIpc) is 2.82. The first-order chi connectivity index (χ1) is 15.5. The third kappa shape index (κ3) is 5.81. The van der Waals surface area contributed by atoms with Gasteiger partial charge in [0.05, 0.1) is 30.9 Å². The summed E-state index contributed by atoms with van der Waals surface area (Å²) in [6.07, 6.45) is 1.70. The normalized spacial score (nSPS) is 10.8. The van der Waals surface area contributed by atoms with Gasteiger partial charge in [0.1, 0.15) is 5.75 Å². The van der Waals surface area contributed by atoms with Crippen LogP contribution < -0.4 is 19.5 Å². The van der Waals surface area contributed by atoms with Crippen LogP contribution in [0.2, 0.25) is 5.02 Å². The molecule has 6 nitrogen and oxygen atoms in total. The maximum atomic E-state index is 12.2. The highest BCUT2D eigenvalue weighted by Crippen LogP contribution is 2.37. The number of amides is 1. The molecule has 0 unspecified atom stereocenters. The molecule has 32 heavy (non-hydrogen) atoms. The van der Waals surface area contributed by atoms with E-state index < -0.39 is 0 Å². The highest BCUT2D eigenvalue weighted by Gasteiger charge is 2.14. The molecule has 0 aliphatic rings. The summed E-state index contributed by atoms with van der Waals surface area (Å²) < 4.78 is 16.2. The molecule has 0 saturated heterocycles. The van der Waals surface area contributed by atoms with Crippen LogP contribution in [0.25, 0.3) is 11.6 Å². The van der Waals surface area contributed by atoms with E-state index in [1.807, 2.05) is 18.2 Å². The van der Waals surface area contributed by atoms with Crippen LogP contribution in [0.5, 0.6) is 17.2 Å². The van der Waals surface area contributed by atoms with Gasteiger partial charge in [-0.1, -0.05) is 29.8 Å². The topological polar surface area (TPSA) is 80.6 Å². The zero-order valence-electron chi connectivity index (χ0n) is 17.6. The van der Waals surface area contributed by atoms with Crippen molar-refractivity contribution in [1.29, 1.82) is 5.26 Å². The number of benzene rings is 3. The van der Waals surface area contributed by atoms with E-state index in [1.165, 1.54) is 7.11 Å². The Morgan fingerprint density at radius 3 is 2.41 bits per heavy atom. The number of ether oxygens (including phenoxy) is 3. The smallest absolute Gasteiger partial charge is 0.262 e. The Morgan fingerprint density at radius 1 is 1.06 bits per heavy atom. The summed E-state index contributed by atoms with van der Waals surface area (Å²) in [5.41, 5.74) is 2.51. The molecule has 162 valence electrons. The van der Waals surface area contributed by atoms with E-state index >= 15 is 0 Å². The summed E-state index contributed by atoms with van der Waals surface area (Å²) in [6.45, 7) is -0.241. The zero-order valence-corrected chi connectivity index (χ0v) is 18.3. The molecule has 0 saturated carbocycles. The fraction of sp³-hybridized carbons (Fsp3) is 0.120. The highest BCUT2D eigenvalue weighted by atomic mass is 35.5. The minimum absolute atomic E-state index is 0.241. The number of hydrogen-bond donors (Lipinski definition) is 1. The van der Waals surface area contributed by atoms with Gasteiger partial charge in [0.2, 0.25) is 0 Å². The number of nitrogens with one attached hydrogen (secondary N) is 1. The molecule has 0 bridgehead atoms. The molecule has 0 aliphatic heterocycles. The number of nitriles is 1. The van der Waals surface area contributed by atoms with E-state index in [4.69, 9.17) is 25.8 Å². The molecular weight excluding hydrogens is 428 g/mol. The predicted octanol–water partition coefficient (Wildman–Crippen LogP) is 5.44. The largest absolute Gasteiger partial charge is 0.497 e. The van der Waals surface area contributed by atoms with Crippen LogP contribution in [0.4, 0.5) is 5.69 Å². The van der Waals surface area contributed by atoms with Gasteiger partial charge >= 0.3 is 0 Å². The summed E-state index contributed by atoms with van der Waals surface area (Å²) in [5.74, 6) is 0.971. The van der Waals surface area contributed by atoms with Crippen molar-refractivity contribution in [2.45, 2.75) is 0 Å². The number of methoxy groups -OCH3 is 2. The van der Waals surface area contributed by atoms with Gasteiger partial charge < -0.3 is 19.5 Å². The number of hydrogen-bond acceptors (Lipinski definition) is 5. The summed E-state index contributed by atoms with van der Waals surface area (Å²) >= 11 is 6.40. The van der Waals surface area contributed by atoms with Gasteiger partial charge in [0.25, 0.3) is 5.91 Å². The van der Waals surface area contributed by atoms with Crippen molar-refractivity contribution in [2.75, 3.05) is 26.1 Å². The van der Waals surface area contributed by atoms with Gasteiger partial charge in [-0.3, -0.25) is 4.79 Å². The van der Waals surface area contributed by atoms with Crippen LogP contribution >= 0.6 is 11.6 Å². The first kappa shape index (κ1) is 22.7. The third-order valence-electron chi connectivity index (χ3n) is 4.49. The van der Waals surface area contributed by atoms with Crippen molar-refractivity contribution in [3.8, 4) is 23.3 Å². The van der Waals surface area contributed by atoms with Gasteiger partial charge in [-0.15, -0.1) is 0 Å². The monoisotopic (exact) mass is 448 g/mol. The number of carbonyl (C=O) groups excluding carboxylic acids is 1. The van der Waals surface area contributed by atoms with Crippen LogP contribution in [0, 0.1) is 11.3 Å². The summed E-state index contributed by atoms with van der Waals surface area (Å²) in [6, 6.07) is 21.8. The Labute approximate surface area is 191 Å². The maximum Gasteiger partial charge on any atom is 0.262 e. The number of para-hydroxylation sites is 1. The fourth-order valence-corrected chi connectivity index (χ4v) is 3.21. The molecule has 0 radical (unpaired) electrons. The second kappa shape index (κ2) is 10.9. The minimum Gasteiger partial charge on any atom is -0.497 e. The quantitative estimate of drug-likeness (QED) is 0.366. The molecular formula is C25H21ClN2O4. The molecule has 0 spiro atoms. The van der Waals surface area contributed by atoms with Gasteiger partial charge in [0.15, 0.2) is 18.1 Å². The third-order valence-corrected chi connectivity index (χ3v) is 4.77. The number of rotatable bonds is 8. The second-order valence-corrected chi connectivity index (χ2v) is 7.04. The van der Waals surface area contributed by atoms with Gasteiger partial charge in [0, 0.05) is 5.69 Å². The van der Waals surface area contributed by atoms with E-state index in [0.717, 1.165) is 5.56 Å². The Morgan fingerprint density at radius 2 is 1.78 bits per heavy atom. The van der Waals surface area contributed by atoms with Gasteiger partial charge in [-0.05, 0) is 65.7 Å². The van der Waals surface area contributed by atoms with Crippen molar-refractivity contribution in [2.24, 2.45) is 0 Å². The highest BCUT2D eigenvalue weighted by molar-refractivity contribution is 6.32. The number of anilines is 1. The second-order valence-electron chi connectivity index (χ2n) is 6.64. The van der Waals surface area contributed by atoms with Gasteiger partial charge in [-0.25, -0.2) is 0 Å². The summed E-state index contributed by atoms with van der Waals surface area (Å²) in [5, 5.41) is 12.6. The fourth-order valence-electron chi connectivity index (χ4n) is 2.94. The van der Waals surface area contributed by atoms with E-state index in [0.29, 0.717) is 28.3 Å². The van der Waals surface area contributed by atoms with Crippen molar-refractivity contribution in [1.82, 2.24) is 0 Å². The van der Waals surface area contributed by atoms with Crippen LogP contribution in [-0.4, -0.2) is 26.7 Å². The van der Waals surface area contributed by atoms with Crippen molar-refractivity contribution in [3.05, 3.63) is 82.9 Å². The molecule has 3 rings (SSSR count). The Balaban J connectivity index is 1.78.